The van der Waals surface area contributed by atoms with Crippen LogP contribution < -0.4 is 10.6 Å². The molecule has 0 aromatic carbocycles. The molecule has 0 aliphatic heterocycles. The van der Waals surface area contributed by atoms with Gasteiger partial charge in [0, 0.05) is 18.7 Å². The minimum absolute atomic E-state index is 0.0623. The lowest BCUT2D eigenvalue weighted by atomic mass is 10.2. The van der Waals surface area contributed by atoms with Gasteiger partial charge in [0.15, 0.2) is 0 Å². The van der Waals surface area contributed by atoms with E-state index in [0.29, 0.717) is 19.0 Å². The number of aliphatic hydroxyl groups is 1. The molecule has 1 amide bonds. The molecule has 1 rings (SSSR count). The summed E-state index contributed by atoms with van der Waals surface area (Å²) in [5.74, 6) is 0.0623. The fourth-order valence-corrected chi connectivity index (χ4v) is 1.07. The van der Waals surface area contributed by atoms with Gasteiger partial charge < -0.3 is 15.7 Å². The van der Waals surface area contributed by atoms with Crippen LogP contribution in [-0.2, 0) is 4.79 Å². The van der Waals surface area contributed by atoms with Crippen LogP contribution in [0.3, 0.4) is 0 Å². The topological polar surface area (TPSA) is 61.4 Å². The minimum atomic E-state index is 0.0623. The zero-order valence-corrected chi connectivity index (χ0v) is 8.05. The second kappa shape index (κ2) is 5.19. The second-order valence-electron chi connectivity index (χ2n) is 3.64. The van der Waals surface area contributed by atoms with Gasteiger partial charge in [0.1, 0.15) is 0 Å². The van der Waals surface area contributed by atoms with Crippen molar-refractivity contribution in [1.29, 1.82) is 0 Å². The van der Waals surface area contributed by atoms with Gasteiger partial charge in [-0.15, -0.1) is 0 Å². The monoisotopic (exact) mass is 186 g/mol. The van der Waals surface area contributed by atoms with Gasteiger partial charge in [0.2, 0.25) is 5.91 Å². The van der Waals surface area contributed by atoms with Crippen LogP contribution in [-0.4, -0.2) is 36.2 Å². The average molecular weight is 186 g/mol. The molecule has 76 valence electrons. The predicted octanol–water partition coefficient (Wildman–Crippen LogP) is -0.374. The molecule has 0 spiro atoms. The number of nitrogens with one attached hydrogen (secondary N) is 2. The molecular formula is C9H18N2O2. The maximum Gasteiger partial charge on any atom is 0.234 e. The maximum atomic E-state index is 11.2. The number of hydrogen-bond acceptors (Lipinski definition) is 3. The molecule has 3 N–H and O–H groups in total. The van der Waals surface area contributed by atoms with Crippen molar-refractivity contribution in [3.8, 4) is 0 Å². The van der Waals surface area contributed by atoms with Gasteiger partial charge in [-0.2, -0.15) is 0 Å². The second-order valence-corrected chi connectivity index (χ2v) is 3.64. The number of aliphatic hydroxyl groups excluding tert-OH is 1. The zero-order chi connectivity index (χ0) is 9.68. The minimum Gasteiger partial charge on any atom is -0.396 e. The normalized spacial score (nSPS) is 18.3. The van der Waals surface area contributed by atoms with Gasteiger partial charge in [-0.05, 0) is 26.2 Å². The van der Waals surface area contributed by atoms with Crippen LogP contribution in [0, 0.1) is 0 Å². The highest BCUT2D eigenvalue weighted by Crippen LogP contribution is 2.18. The molecule has 1 aliphatic carbocycles. The molecule has 0 aromatic heterocycles. The van der Waals surface area contributed by atoms with Crippen molar-refractivity contribution in [1.82, 2.24) is 10.6 Å². The lowest BCUT2D eigenvalue weighted by molar-refractivity contribution is -0.120. The van der Waals surface area contributed by atoms with E-state index in [0.717, 1.165) is 12.8 Å². The largest absolute Gasteiger partial charge is 0.396 e. The number of hydrogen-bond donors (Lipinski definition) is 3. The number of rotatable bonds is 6. The van der Waals surface area contributed by atoms with E-state index < -0.39 is 0 Å². The lowest BCUT2D eigenvalue weighted by Gasteiger charge is -2.11. The predicted molar refractivity (Wildman–Crippen MR) is 50.3 cm³/mol. The molecule has 0 bridgehead atoms. The van der Waals surface area contributed by atoms with Crippen molar-refractivity contribution in [2.45, 2.75) is 38.3 Å². The molecular weight excluding hydrogens is 168 g/mol. The molecule has 0 saturated heterocycles. The first-order chi connectivity index (χ1) is 6.22. The van der Waals surface area contributed by atoms with Crippen molar-refractivity contribution in [2.75, 3.05) is 13.2 Å². The van der Waals surface area contributed by atoms with Crippen molar-refractivity contribution in [2.24, 2.45) is 0 Å². The summed E-state index contributed by atoms with van der Waals surface area (Å²) in [5, 5.41) is 14.5. The van der Waals surface area contributed by atoms with Gasteiger partial charge >= 0.3 is 0 Å². The third kappa shape index (κ3) is 4.85. The Morgan fingerprint density at radius 2 is 2.31 bits per heavy atom. The Kier molecular flexibility index (Phi) is 4.18. The van der Waals surface area contributed by atoms with Crippen LogP contribution in [0.4, 0.5) is 0 Å². The fraction of sp³-hybridized carbons (Fsp3) is 0.889. The van der Waals surface area contributed by atoms with E-state index in [-0.39, 0.29) is 18.6 Å². The first-order valence-corrected chi connectivity index (χ1v) is 4.86. The highest BCUT2D eigenvalue weighted by Gasteiger charge is 2.22. The Balaban J connectivity index is 1.99. The summed E-state index contributed by atoms with van der Waals surface area (Å²) in [6, 6.07) is 0.636. The van der Waals surface area contributed by atoms with Crippen molar-refractivity contribution in [3.63, 3.8) is 0 Å². The molecule has 0 heterocycles. The first-order valence-electron chi connectivity index (χ1n) is 4.86. The molecule has 0 aromatic rings. The molecule has 4 heteroatoms. The van der Waals surface area contributed by atoms with Gasteiger partial charge in [-0.1, -0.05) is 0 Å². The van der Waals surface area contributed by atoms with Crippen LogP contribution in [0.5, 0.6) is 0 Å². The third-order valence-electron chi connectivity index (χ3n) is 2.12. The molecule has 1 aliphatic rings. The van der Waals surface area contributed by atoms with Crippen LogP contribution in [0.1, 0.15) is 26.2 Å². The summed E-state index contributed by atoms with van der Waals surface area (Å²) < 4.78 is 0. The summed E-state index contributed by atoms with van der Waals surface area (Å²) in [7, 11) is 0. The van der Waals surface area contributed by atoms with E-state index in [9.17, 15) is 4.79 Å². The Morgan fingerprint density at radius 3 is 2.85 bits per heavy atom. The van der Waals surface area contributed by atoms with Crippen molar-refractivity contribution < 1.29 is 9.90 Å². The molecule has 1 atom stereocenters. The highest BCUT2D eigenvalue weighted by molar-refractivity contribution is 5.78. The van der Waals surface area contributed by atoms with Crippen LogP contribution in [0.25, 0.3) is 0 Å². The average Bonchev–Trinajstić information content (AvgIpc) is 2.85. The van der Waals surface area contributed by atoms with Crippen molar-refractivity contribution in [3.05, 3.63) is 0 Å². The Morgan fingerprint density at radius 1 is 1.62 bits per heavy atom. The maximum absolute atomic E-state index is 11.2. The fourth-order valence-electron chi connectivity index (χ4n) is 1.07. The summed E-state index contributed by atoms with van der Waals surface area (Å²) >= 11 is 0. The zero-order valence-electron chi connectivity index (χ0n) is 8.05. The van der Waals surface area contributed by atoms with Gasteiger partial charge in [-0.25, -0.2) is 0 Å². The molecule has 1 unspecified atom stereocenters. The molecule has 4 nitrogen and oxygen atoms in total. The third-order valence-corrected chi connectivity index (χ3v) is 2.12. The molecule has 1 saturated carbocycles. The van der Waals surface area contributed by atoms with Gasteiger partial charge in [0.25, 0.3) is 0 Å². The number of amides is 1. The van der Waals surface area contributed by atoms with Crippen LogP contribution in [0.15, 0.2) is 0 Å². The van der Waals surface area contributed by atoms with E-state index in [1.165, 1.54) is 0 Å². The van der Waals surface area contributed by atoms with E-state index in [1.54, 1.807) is 0 Å². The SMILES string of the molecule is CC(CCO)NCC(=O)NC1CC1. The summed E-state index contributed by atoms with van der Waals surface area (Å²) in [4.78, 5) is 11.2. The summed E-state index contributed by atoms with van der Waals surface area (Å²) in [5.41, 5.74) is 0. The van der Waals surface area contributed by atoms with Gasteiger partial charge in [0.05, 0.1) is 6.54 Å². The molecule has 13 heavy (non-hydrogen) atoms. The van der Waals surface area contributed by atoms with E-state index in [2.05, 4.69) is 10.6 Å². The first kappa shape index (κ1) is 10.5. The van der Waals surface area contributed by atoms with Crippen LogP contribution in [0.2, 0.25) is 0 Å². The summed E-state index contributed by atoms with van der Waals surface area (Å²) in [6.45, 7) is 2.48. The van der Waals surface area contributed by atoms with Crippen molar-refractivity contribution >= 4 is 5.91 Å². The van der Waals surface area contributed by atoms with Crippen LogP contribution >= 0.6 is 0 Å². The quantitative estimate of drug-likeness (QED) is 0.530. The Hall–Kier alpha value is -0.610. The van der Waals surface area contributed by atoms with E-state index in [4.69, 9.17) is 5.11 Å². The lowest BCUT2D eigenvalue weighted by Crippen LogP contribution is -2.39. The standard InChI is InChI=1S/C9H18N2O2/c1-7(4-5-12)10-6-9(13)11-8-2-3-8/h7-8,10,12H,2-6H2,1H3,(H,11,13). The molecule has 0 radical (unpaired) electrons. The van der Waals surface area contributed by atoms with E-state index in [1.807, 2.05) is 6.92 Å². The van der Waals surface area contributed by atoms with Gasteiger partial charge in [-0.3, -0.25) is 4.79 Å². The Bertz CT molecular complexity index is 169. The number of carbonyl (C=O) groups excluding carboxylic acids is 1. The summed E-state index contributed by atoms with van der Waals surface area (Å²) in [6.07, 6.45) is 2.94. The highest BCUT2D eigenvalue weighted by atomic mass is 16.3. The molecule has 1 fully saturated rings. The number of carbonyl (C=O) groups is 1. The van der Waals surface area contributed by atoms with E-state index >= 15 is 0 Å². The smallest absolute Gasteiger partial charge is 0.234 e. The Labute approximate surface area is 78.7 Å².